The molecule has 0 heterocycles. The highest BCUT2D eigenvalue weighted by Crippen LogP contribution is 2.27. The summed E-state index contributed by atoms with van der Waals surface area (Å²) in [5, 5.41) is 24.1. The van der Waals surface area contributed by atoms with Crippen molar-refractivity contribution in [2.75, 3.05) is 5.32 Å². The molecule has 0 spiro atoms. The molecule has 1 aromatic carbocycles. The van der Waals surface area contributed by atoms with Crippen molar-refractivity contribution in [2.24, 2.45) is 0 Å². The van der Waals surface area contributed by atoms with Gasteiger partial charge in [0.2, 0.25) is 0 Å². The predicted molar refractivity (Wildman–Crippen MR) is 74.7 cm³/mol. The van der Waals surface area contributed by atoms with Crippen LogP contribution in [0.4, 0.5) is 16.2 Å². The van der Waals surface area contributed by atoms with E-state index >= 15 is 0 Å². The third-order valence-corrected chi connectivity index (χ3v) is 3.06. The summed E-state index contributed by atoms with van der Waals surface area (Å²) in [4.78, 5) is 32.6. The lowest BCUT2D eigenvalue weighted by Gasteiger charge is -2.21. The molecule has 0 aliphatic rings. The molecule has 2 amide bonds. The van der Waals surface area contributed by atoms with E-state index in [4.69, 9.17) is 5.11 Å². The van der Waals surface area contributed by atoms with Crippen molar-refractivity contribution in [1.82, 2.24) is 5.32 Å². The van der Waals surface area contributed by atoms with Crippen molar-refractivity contribution in [3.05, 3.63) is 32.8 Å². The Morgan fingerprint density at radius 2 is 2.00 bits per heavy atom. The number of urea groups is 1. The van der Waals surface area contributed by atoms with Crippen molar-refractivity contribution < 1.29 is 19.6 Å². The summed E-state index contributed by atoms with van der Waals surface area (Å²) >= 11 is 3.14. The van der Waals surface area contributed by atoms with E-state index in [9.17, 15) is 19.7 Å². The van der Waals surface area contributed by atoms with Gasteiger partial charge in [0.05, 0.1) is 10.6 Å². The van der Waals surface area contributed by atoms with E-state index < -0.39 is 22.5 Å². The molecule has 0 aliphatic heterocycles. The molecule has 9 heteroatoms. The number of non-ortho nitro benzene ring substituents is 1. The highest BCUT2D eigenvalue weighted by Gasteiger charge is 2.29. The van der Waals surface area contributed by atoms with Crippen LogP contribution in [0.15, 0.2) is 22.7 Å². The Kier molecular flexibility index (Phi) is 4.66. The minimum absolute atomic E-state index is 0.165. The number of halogens is 1. The van der Waals surface area contributed by atoms with E-state index in [2.05, 4.69) is 26.6 Å². The van der Waals surface area contributed by atoms with Crippen LogP contribution in [0, 0.1) is 10.1 Å². The van der Waals surface area contributed by atoms with Gasteiger partial charge >= 0.3 is 12.0 Å². The number of hydrogen-bond donors (Lipinski definition) is 3. The average Bonchev–Trinajstić information content (AvgIpc) is 2.30. The van der Waals surface area contributed by atoms with Crippen LogP contribution >= 0.6 is 15.9 Å². The lowest BCUT2D eigenvalue weighted by atomic mass is 10.1. The van der Waals surface area contributed by atoms with Gasteiger partial charge in [-0.2, -0.15) is 0 Å². The Balaban J connectivity index is 2.88. The smallest absolute Gasteiger partial charge is 0.328 e. The molecule has 0 unspecified atom stereocenters. The highest BCUT2D eigenvalue weighted by atomic mass is 79.9. The largest absolute Gasteiger partial charge is 0.480 e. The number of amides is 2. The number of carbonyl (C=O) groups is 2. The minimum Gasteiger partial charge on any atom is -0.480 e. The fourth-order valence-electron chi connectivity index (χ4n) is 1.21. The van der Waals surface area contributed by atoms with Gasteiger partial charge in [-0.15, -0.1) is 0 Å². The average molecular weight is 346 g/mol. The number of aliphatic carboxylic acids is 1. The Morgan fingerprint density at radius 3 is 2.50 bits per heavy atom. The van der Waals surface area contributed by atoms with Gasteiger partial charge in [-0.1, -0.05) is 0 Å². The number of anilines is 1. The van der Waals surface area contributed by atoms with Crippen LogP contribution in [0.1, 0.15) is 13.8 Å². The molecule has 0 saturated heterocycles. The van der Waals surface area contributed by atoms with Gasteiger partial charge in [-0.25, -0.2) is 9.59 Å². The van der Waals surface area contributed by atoms with Crippen LogP contribution < -0.4 is 10.6 Å². The molecule has 0 aromatic heterocycles. The number of nitrogens with one attached hydrogen (secondary N) is 2. The predicted octanol–water partition coefficient (Wildman–Crippen LogP) is 2.34. The first-order valence-electron chi connectivity index (χ1n) is 5.40. The Labute approximate surface area is 122 Å². The number of carboxylic acids is 1. The van der Waals surface area contributed by atoms with Gasteiger partial charge in [-0.3, -0.25) is 10.1 Å². The summed E-state index contributed by atoms with van der Waals surface area (Å²) in [6.45, 7) is 2.63. The zero-order chi connectivity index (χ0) is 15.5. The molecule has 1 aromatic rings. The second-order valence-electron chi connectivity index (χ2n) is 4.43. The quantitative estimate of drug-likeness (QED) is 0.571. The number of benzene rings is 1. The molecular weight excluding hydrogens is 334 g/mol. The first kappa shape index (κ1) is 15.9. The number of rotatable bonds is 4. The molecule has 108 valence electrons. The highest BCUT2D eigenvalue weighted by molar-refractivity contribution is 9.10. The van der Waals surface area contributed by atoms with Crippen molar-refractivity contribution in [3.8, 4) is 0 Å². The number of hydrogen-bond acceptors (Lipinski definition) is 4. The van der Waals surface area contributed by atoms with Crippen molar-refractivity contribution in [2.45, 2.75) is 19.4 Å². The molecule has 0 atom stereocenters. The number of nitro groups is 1. The van der Waals surface area contributed by atoms with Crippen LogP contribution in [0.3, 0.4) is 0 Å². The normalized spacial score (nSPS) is 10.8. The van der Waals surface area contributed by atoms with E-state index in [1.165, 1.54) is 26.0 Å². The van der Waals surface area contributed by atoms with Gasteiger partial charge < -0.3 is 15.7 Å². The lowest BCUT2D eigenvalue weighted by Crippen LogP contribution is -2.51. The van der Waals surface area contributed by atoms with Crippen LogP contribution in [0.25, 0.3) is 0 Å². The van der Waals surface area contributed by atoms with Crippen LogP contribution in [0.2, 0.25) is 0 Å². The SMILES string of the molecule is CC(C)(NC(=O)Nc1cc([N+](=O)[O-])ccc1Br)C(=O)O. The molecule has 20 heavy (non-hydrogen) atoms. The molecule has 0 radical (unpaired) electrons. The number of carboxylic acid groups (broad SMARTS) is 1. The van der Waals surface area contributed by atoms with Crippen molar-refractivity contribution in [3.63, 3.8) is 0 Å². The van der Waals surface area contributed by atoms with Gasteiger partial charge in [-0.05, 0) is 35.8 Å². The molecule has 8 nitrogen and oxygen atoms in total. The third-order valence-electron chi connectivity index (χ3n) is 2.37. The number of carbonyl (C=O) groups excluding carboxylic acids is 1. The second kappa shape index (κ2) is 5.87. The summed E-state index contributed by atoms with van der Waals surface area (Å²) in [6, 6.07) is 3.07. The van der Waals surface area contributed by atoms with Gasteiger partial charge in [0.1, 0.15) is 5.54 Å². The maximum Gasteiger partial charge on any atom is 0.328 e. The van der Waals surface area contributed by atoms with Gasteiger partial charge in [0.15, 0.2) is 0 Å². The van der Waals surface area contributed by atoms with E-state index in [1.807, 2.05) is 0 Å². The molecule has 0 fully saturated rings. The monoisotopic (exact) mass is 345 g/mol. The molecule has 3 N–H and O–H groups in total. The Hall–Kier alpha value is -2.16. The summed E-state index contributed by atoms with van der Waals surface area (Å²) < 4.78 is 0.436. The fraction of sp³-hybridized carbons (Fsp3) is 0.273. The second-order valence-corrected chi connectivity index (χ2v) is 5.28. The molecule has 0 bridgehead atoms. The first-order chi connectivity index (χ1) is 9.13. The lowest BCUT2D eigenvalue weighted by molar-refractivity contribution is -0.384. The van der Waals surface area contributed by atoms with Crippen molar-refractivity contribution >= 4 is 39.3 Å². The van der Waals surface area contributed by atoms with Crippen LogP contribution in [-0.4, -0.2) is 27.6 Å². The van der Waals surface area contributed by atoms with E-state index in [1.54, 1.807) is 0 Å². The van der Waals surface area contributed by atoms with E-state index in [-0.39, 0.29) is 11.4 Å². The van der Waals surface area contributed by atoms with Crippen LogP contribution in [0.5, 0.6) is 0 Å². The minimum atomic E-state index is -1.46. The number of nitrogens with zero attached hydrogens (tertiary/aromatic N) is 1. The van der Waals surface area contributed by atoms with Crippen molar-refractivity contribution in [1.29, 1.82) is 0 Å². The molecule has 0 aliphatic carbocycles. The molecule has 0 saturated carbocycles. The topological polar surface area (TPSA) is 122 Å². The standard InChI is InChI=1S/C11H12BrN3O5/c1-11(2,9(16)17)14-10(18)13-8-5-6(15(19)20)3-4-7(8)12/h3-5H,1-2H3,(H,16,17)(H2,13,14,18). The summed E-state index contributed by atoms with van der Waals surface area (Å²) in [7, 11) is 0. The Morgan fingerprint density at radius 1 is 1.40 bits per heavy atom. The number of nitro benzene ring substituents is 1. The summed E-state index contributed by atoms with van der Waals surface area (Å²) in [5.41, 5.74) is -1.49. The van der Waals surface area contributed by atoms with Crippen LogP contribution in [-0.2, 0) is 4.79 Å². The van der Waals surface area contributed by atoms with Gasteiger partial charge in [0, 0.05) is 16.6 Å². The molecule has 1 rings (SSSR count). The zero-order valence-electron chi connectivity index (χ0n) is 10.6. The van der Waals surface area contributed by atoms with Gasteiger partial charge in [0.25, 0.3) is 5.69 Å². The van der Waals surface area contributed by atoms with E-state index in [0.29, 0.717) is 4.47 Å². The van der Waals surface area contributed by atoms with E-state index in [0.717, 1.165) is 6.07 Å². The maximum absolute atomic E-state index is 11.7. The fourth-order valence-corrected chi connectivity index (χ4v) is 1.56. The third kappa shape index (κ3) is 3.92. The summed E-state index contributed by atoms with van der Waals surface area (Å²) in [5.74, 6) is -1.20. The maximum atomic E-state index is 11.7. The zero-order valence-corrected chi connectivity index (χ0v) is 12.2. The molecular formula is C11H12BrN3O5. The Bertz CT molecular complexity index is 573. The first-order valence-corrected chi connectivity index (χ1v) is 6.19. The summed E-state index contributed by atoms with van der Waals surface area (Å²) in [6.07, 6.45) is 0.